The fraction of sp³-hybridized carbons (Fsp3) is 0.600. The van der Waals surface area contributed by atoms with Crippen molar-refractivity contribution in [1.29, 1.82) is 0 Å². The van der Waals surface area contributed by atoms with Crippen LogP contribution in [-0.2, 0) is 32.9 Å². The largest absolute Gasteiger partial charge is 0.510 e. The Morgan fingerprint density at radius 2 is 1.78 bits per heavy atom. The number of benzene rings is 1. The van der Waals surface area contributed by atoms with Crippen LogP contribution in [0.2, 0.25) is 0 Å². The Hall–Kier alpha value is -4.93. The minimum atomic E-state index is -3.78. The van der Waals surface area contributed by atoms with E-state index in [1.807, 2.05) is 59.9 Å². The molecule has 19 heteroatoms. The zero-order chi connectivity index (χ0) is 46.6. The van der Waals surface area contributed by atoms with Crippen LogP contribution in [0.4, 0.5) is 14.7 Å². The summed E-state index contributed by atoms with van der Waals surface area (Å²) in [6.45, 7) is 17.9. The number of rotatable bonds is 18. The van der Waals surface area contributed by atoms with Gasteiger partial charge in [-0.2, -0.15) is 0 Å². The van der Waals surface area contributed by atoms with E-state index in [0.717, 1.165) is 30.8 Å². The van der Waals surface area contributed by atoms with Gasteiger partial charge < -0.3 is 44.5 Å². The molecular formula is C45H63N6O11PS. The van der Waals surface area contributed by atoms with E-state index in [1.54, 1.807) is 31.4 Å². The number of amides is 3. The van der Waals surface area contributed by atoms with Gasteiger partial charge in [0.15, 0.2) is 5.13 Å². The van der Waals surface area contributed by atoms with Gasteiger partial charge in [0, 0.05) is 47.9 Å². The Morgan fingerprint density at radius 3 is 2.42 bits per heavy atom. The number of carbonyl (C=O) groups is 4. The number of nitrogens with zero attached hydrogens (tertiary/aromatic N) is 3. The molecule has 3 N–H and O–H groups in total. The van der Waals surface area contributed by atoms with E-state index in [4.69, 9.17) is 38.2 Å². The van der Waals surface area contributed by atoms with Crippen LogP contribution >= 0.6 is 18.7 Å². The number of ether oxygens (including phenoxy) is 5. The third-order valence-electron chi connectivity index (χ3n) is 11.6. The molecule has 0 spiro atoms. The number of nitrogens with one attached hydrogen (secondary N) is 3. The van der Waals surface area contributed by atoms with Gasteiger partial charge in [-0.3, -0.25) is 18.7 Å². The van der Waals surface area contributed by atoms with Crippen LogP contribution in [0.25, 0.3) is 22.3 Å². The molecule has 3 aliphatic rings. The van der Waals surface area contributed by atoms with Crippen LogP contribution in [0.3, 0.4) is 0 Å². The van der Waals surface area contributed by atoms with Gasteiger partial charge in [-0.05, 0) is 69.4 Å². The standard InChI is InChI=1S/C45H63N6O11PS/c1-11-28-21-45(28,63(10,56)60-25-59-43(55)58-23-26(2)3)50-39(52)36-19-31(22-51(36)40(53)38(44(6,7)8)49-42(54)62-29-14-12-13-15-29)61-37-20-34(35-24-64-41(48-35)46-27(4)5)47-33-18-30(57-9)16-17-32(33)37/h11,16-18,20,24,26-29,31,36,38H,1,12-15,19,21-23,25H2,2-10H3,(H,46,48)(H,49,54)(H,50,52)/t28-,31-,36+,38?,45+,63?/m1/s1. The molecule has 1 aromatic carbocycles. The fourth-order valence-corrected chi connectivity index (χ4v) is 10.9. The summed E-state index contributed by atoms with van der Waals surface area (Å²) in [4.78, 5) is 66.2. The number of pyridine rings is 1. The van der Waals surface area contributed by atoms with Crippen LogP contribution in [0, 0.1) is 17.3 Å². The number of hydrogen-bond acceptors (Lipinski definition) is 15. The molecule has 2 saturated carbocycles. The smallest absolute Gasteiger partial charge is 0.497 e. The van der Waals surface area contributed by atoms with Crippen LogP contribution in [0.5, 0.6) is 11.5 Å². The van der Waals surface area contributed by atoms with E-state index in [-0.39, 0.29) is 44.1 Å². The summed E-state index contributed by atoms with van der Waals surface area (Å²) < 4.78 is 48.2. The molecule has 1 aliphatic heterocycles. The Morgan fingerprint density at radius 1 is 1.05 bits per heavy atom. The highest BCUT2D eigenvalue weighted by Gasteiger charge is 2.65. The average molecular weight is 927 g/mol. The Labute approximate surface area is 379 Å². The number of anilines is 1. The van der Waals surface area contributed by atoms with Gasteiger partial charge in [0.05, 0.1) is 31.5 Å². The Kier molecular flexibility index (Phi) is 15.2. The van der Waals surface area contributed by atoms with Crippen LogP contribution in [0.15, 0.2) is 42.3 Å². The molecule has 0 bridgehead atoms. The second-order valence-corrected chi connectivity index (χ2v) is 22.2. The zero-order valence-corrected chi connectivity index (χ0v) is 40.0. The first-order valence-electron chi connectivity index (χ1n) is 21.8. The summed E-state index contributed by atoms with van der Waals surface area (Å²) >= 11 is 1.45. The van der Waals surface area contributed by atoms with E-state index in [2.05, 4.69) is 22.5 Å². The van der Waals surface area contributed by atoms with Crippen molar-refractivity contribution >= 4 is 58.8 Å². The molecule has 2 aliphatic carbocycles. The van der Waals surface area contributed by atoms with Crippen LogP contribution in [-0.4, -0.2) is 108 Å². The highest BCUT2D eigenvalue weighted by molar-refractivity contribution is 7.60. The molecule has 6 rings (SSSR count). The maximum absolute atomic E-state index is 14.9. The third-order valence-corrected chi connectivity index (χ3v) is 15.0. The molecule has 3 fully saturated rings. The number of fused-ring (bicyclic) bond motifs is 1. The topological polar surface area (TPSA) is 206 Å². The van der Waals surface area contributed by atoms with E-state index < -0.39 is 73.0 Å². The predicted octanol–water partition coefficient (Wildman–Crippen LogP) is 8.33. The summed E-state index contributed by atoms with van der Waals surface area (Å²) in [5, 5.41) is 11.0. The van der Waals surface area contributed by atoms with Crippen molar-refractivity contribution < 1.29 is 52.0 Å². The second kappa shape index (κ2) is 20.1. The molecule has 2 unspecified atom stereocenters. The number of aromatic nitrogens is 2. The number of hydrogen-bond donors (Lipinski definition) is 3. The summed E-state index contributed by atoms with van der Waals surface area (Å²) in [5.74, 6) is -0.466. The number of methoxy groups -OCH3 is 1. The van der Waals surface area contributed by atoms with E-state index in [0.29, 0.717) is 33.8 Å². The summed E-state index contributed by atoms with van der Waals surface area (Å²) in [6.07, 6.45) is 2.59. The quantitative estimate of drug-likeness (QED) is 0.0475. The van der Waals surface area contributed by atoms with Gasteiger partial charge in [-0.15, -0.1) is 17.9 Å². The van der Waals surface area contributed by atoms with Crippen LogP contribution < -0.4 is 25.4 Å². The first-order chi connectivity index (χ1) is 30.2. The molecule has 6 atom stereocenters. The number of alkyl carbamates (subject to hydrolysis) is 1. The zero-order valence-electron chi connectivity index (χ0n) is 38.3. The molecule has 17 nitrogen and oxygen atoms in total. The minimum Gasteiger partial charge on any atom is -0.497 e. The van der Waals surface area contributed by atoms with Crippen molar-refractivity contribution in [3.63, 3.8) is 0 Å². The highest BCUT2D eigenvalue weighted by atomic mass is 32.1. The lowest BCUT2D eigenvalue weighted by atomic mass is 9.85. The molecule has 350 valence electrons. The molecular weight excluding hydrogens is 864 g/mol. The SMILES string of the molecule is C=C[C@@H]1C[C@]1(NC(=O)[C@@H]1C[C@@H](Oc2cc(-c3csc(NC(C)C)n3)nc3cc(OC)ccc23)CN1C(=O)C(NC(=O)OC1CCCC1)C(C)(C)C)P(C)(=O)OCOC(=O)OCC(C)C. The van der Waals surface area contributed by atoms with Crippen LogP contribution in [0.1, 0.15) is 87.0 Å². The number of likely N-dealkylation sites (tertiary alicyclic amines) is 1. The van der Waals surface area contributed by atoms with Gasteiger partial charge in [-0.1, -0.05) is 40.7 Å². The highest BCUT2D eigenvalue weighted by Crippen LogP contribution is 2.70. The Bertz CT molecular complexity index is 2240. The monoisotopic (exact) mass is 926 g/mol. The third kappa shape index (κ3) is 11.5. The van der Waals surface area contributed by atoms with E-state index >= 15 is 0 Å². The molecule has 3 heterocycles. The molecule has 1 saturated heterocycles. The number of carbonyl (C=O) groups excluding carboxylic acids is 4. The molecule has 2 aromatic heterocycles. The van der Waals surface area contributed by atoms with E-state index in [9.17, 15) is 23.7 Å². The Balaban J connectivity index is 1.31. The van der Waals surface area contributed by atoms with Gasteiger partial charge >= 0.3 is 12.2 Å². The minimum absolute atomic E-state index is 0.0317. The van der Waals surface area contributed by atoms with Crippen molar-refractivity contribution in [2.24, 2.45) is 17.3 Å². The van der Waals surface area contributed by atoms with Crippen molar-refractivity contribution in [2.45, 2.75) is 123 Å². The second-order valence-electron chi connectivity index (χ2n) is 18.6. The van der Waals surface area contributed by atoms with Gasteiger partial charge in [-0.25, -0.2) is 19.6 Å². The summed E-state index contributed by atoms with van der Waals surface area (Å²) in [5.41, 5.74) is 0.941. The first-order valence-corrected chi connectivity index (χ1v) is 24.8. The summed E-state index contributed by atoms with van der Waals surface area (Å²) in [6, 6.07) is 5.15. The lowest BCUT2D eigenvalue weighted by molar-refractivity contribution is -0.142. The maximum Gasteiger partial charge on any atom is 0.510 e. The lowest BCUT2D eigenvalue weighted by Crippen LogP contribution is -2.58. The van der Waals surface area contributed by atoms with Gasteiger partial charge in [0.25, 0.3) is 0 Å². The average Bonchev–Trinajstić information content (AvgIpc) is 3.62. The van der Waals surface area contributed by atoms with Crippen molar-refractivity contribution in [3.05, 3.63) is 42.3 Å². The van der Waals surface area contributed by atoms with E-state index in [1.165, 1.54) is 22.9 Å². The molecule has 0 radical (unpaired) electrons. The normalized spacial score (nSPS) is 22.4. The van der Waals surface area contributed by atoms with Gasteiger partial charge in [0.1, 0.15) is 46.8 Å². The summed E-state index contributed by atoms with van der Waals surface area (Å²) in [7, 11) is -2.21. The van der Waals surface area contributed by atoms with Crippen molar-refractivity contribution in [1.82, 2.24) is 25.5 Å². The van der Waals surface area contributed by atoms with Crippen molar-refractivity contribution in [2.75, 3.05) is 39.0 Å². The maximum atomic E-state index is 14.9. The lowest BCUT2D eigenvalue weighted by Gasteiger charge is -2.36. The number of thiazole rings is 1. The van der Waals surface area contributed by atoms with Gasteiger partial charge in [0.2, 0.25) is 26.0 Å². The predicted molar refractivity (Wildman–Crippen MR) is 244 cm³/mol. The molecule has 3 aromatic rings. The fourth-order valence-electron chi connectivity index (χ4n) is 8.05. The molecule has 3 amide bonds. The van der Waals surface area contributed by atoms with Crippen molar-refractivity contribution in [3.8, 4) is 22.9 Å². The molecule has 64 heavy (non-hydrogen) atoms. The first kappa shape index (κ1) is 48.5.